The maximum atomic E-state index is 12.0. The van der Waals surface area contributed by atoms with Crippen LogP contribution in [0.25, 0.3) is 11.3 Å². The van der Waals surface area contributed by atoms with Crippen LogP contribution < -0.4 is 24.4 Å². The molecule has 7 heteroatoms. The second-order valence-electron chi connectivity index (χ2n) is 4.96. The Labute approximate surface area is 151 Å². The molecule has 1 aromatic carbocycles. The molecule has 0 aliphatic carbocycles. The zero-order valence-corrected chi connectivity index (χ0v) is 13.1. The van der Waals surface area contributed by atoms with Gasteiger partial charge >= 0.3 is 24.8 Å². The van der Waals surface area contributed by atoms with Gasteiger partial charge in [-0.15, -0.1) is 0 Å². The molecular weight excluding hydrogens is 301 g/mol. The van der Waals surface area contributed by atoms with Gasteiger partial charge in [0.25, 0.3) is 5.56 Å². The normalized spacial score (nSPS) is 10.0. The summed E-state index contributed by atoms with van der Waals surface area (Å²) >= 11 is 0. The summed E-state index contributed by atoms with van der Waals surface area (Å²) in [7, 11) is 0. The first kappa shape index (κ1) is 17.7. The molecule has 3 aromatic rings. The molecule has 0 unspecified atom stereocenters. The van der Waals surface area contributed by atoms with E-state index >= 15 is 0 Å². The van der Waals surface area contributed by atoms with Crippen LogP contribution in [0, 0.1) is 0 Å². The van der Waals surface area contributed by atoms with Gasteiger partial charge in [-0.3, -0.25) is 9.78 Å². The van der Waals surface area contributed by atoms with Gasteiger partial charge in [0.1, 0.15) is 0 Å². The summed E-state index contributed by atoms with van der Waals surface area (Å²) in [6, 6.07) is 13.2. The van der Waals surface area contributed by atoms with E-state index in [4.69, 9.17) is 5.11 Å². The molecule has 0 radical (unpaired) electrons. The Morgan fingerprint density at radius 1 is 1.17 bits per heavy atom. The van der Waals surface area contributed by atoms with Crippen molar-refractivity contribution in [3.8, 4) is 11.3 Å². The monoisotopic (exact) mass is 315 g/mol. The van der Waals surface area contributed by atoms with E-state index in [0.29, 0.717) is 11.3 Å². The quantitative estimate of drug-likeness (QED) is 0.635. The fraction of sp³-hybridized carbons (Fsp3) is 0.0588. The zero-order chi connectivity index (χ0) is 16.2. The molecule has 0 fully saturated rings. The molecule has 0 saturated heterocycles. The van der Waals surface area contributed by atoms with E-state index in [9.17, 15) is 9.59 Å². The molecule has 0 spiro atoms. The van der Waals surface area contributed by atoms with Gasteiger partial charge in [-0.2, -0.15) is 5.10 Å². The predicted octanol–water partition coefficient (Wildman–Crippen LogP) is -0.832. The maximum Gasteiger partial charge on any atom is 1.00 e. The Bertz CT molecular complexity index is 916. The molecule has 0 aliphatic heterocycles. The fourth-order valence-corrected chi connectivity index (χ4v) is 2.21. The second-order valence-corrected chi connectivity index (χ2v) is 4.96. The van der Waals surface area contributed by atoms with Gasteiger partial charge in [0.05, 0.1) is 17.8 Å². The Balaban J connectivity index is 0.00000156. The third kappa shape index (κ3) is 3.99. The van der Waals surface area contributed by atoms with Crippen molar-refractivity contribution in [1.29, 1.82) is 0 Å². The van der Waals surface area contributed by atoms with Gasteiger partial charge in [-0.05, 0) is 35.9 Å². The third-order valence-corrected chi connectivity index (χ3v) is 3.33. The van der Waals surface area contributed by atoms with Crippen molar-refractivity contribution in [2.24, 2.45) is 0 Å². The predicted molar refractivity (Wildman–Crippen MR) is 85.3 cm³/mol. The molecule has 0 bridgehead atoms. The van der Waals surface area contributed by atoms with Crippen LogP contribution in [-0.4, -0.2) is 25.8 Å². The fourth-order valence-electron chi connectivity index (χ4n) is 2.21. The van der Waals surface area contributed by atoms with E-state index < -0.39 is 5.97 Å². The molecular formula is C17H14LiN3O3. The first-order chi connectivity index (χ1) is 11.1. The van der Waals surface area contributed by atoms with E-state index in [1.165, 1.54) is 22.9 Å². The van der Waals surface area contributed by atoms with Crippen molar-refractivity contribution in [3.05, 3.63) is 82.4 Å². The van der Waals surface area contributed by atoms with Crippen molar-refractivity contribution in [1.82, 2.24) is 14.8 Å². The number of rotatable bonds is 4. The van der Waals surface area contributed by atoms with Crippen molar-refractivity contribution in [3.63, 3.8) is 0 Å². The van der Waals surface area contributed by atoms with Crippen LogP contribution in [0.2, 0.25) is 0 Å². The van der Waals surface area contributed by atoms with Crippen LogP contribution >= 0.6 is 0 Å². The van der Waals surface area contributed by atoms with Crippen LogP contribution in [0.3, 0.4) is 0 Å². The first-order valence-electron chi connectivity index (χ1n) is 6.94. The molecule has 116 valence electrons. The summed E-state index contributed by atoms with van der Waals surface area (Å²) in [6.07, 6.45) is 3.33. The number of nitrogens with zero attached hydrogens (tertiary/aromatic N) is 3. The van der Waals surface area contributed by atoms with Crippen LogP contribution in [0.1, 0.15) is 17.3 Å². The standard InChI is InChI=1S/C17H13N3O3.Li.H/c21-16-7-6-15(14-5-2-8-18-10-14)19-20(16)11-12-3-1-4-13(9-12)17(22)23;;/h1-10H,11H2,(H,22,23);;/q;+1;-1. The summed E-state index contributed by atoms with van der Waals surface area (Å²) < 4.78 is 1.31. The Hall–Kier alpha value is -2.68. The number of hydrogen-bond donors (Lipinski definition) is 1. The van der Waals surface area contributed by atoms with Crippen molar-refractivity contribution < 1.29 is 30.2 Å². The minimum absolute atomic E-state index is 0. The van der Waals surface area contributed by atoms with Crippen molar-refractivity contribution >= 4 is 5.97 Å². The molecule has 1 N–H and O–H groups in total. The average molecular weight is 315 g/mol. The summed E-state index contributed by atoms with van der Waals surface area (Å²) in [6.45, 7) is 0.202. The number of carboxylic acid groups (broad SMARTS) is 1. The van der Waals surface area contributed by atoms with Crippen LogP contribution in [0.15, 0.2) is 65.7 Å². The molecule has 3 rings (SSSR count). The van der Waals surface area contributed by atoms with Crippen LogP contribution in [-0.2, 0) is 6.54 Å². The van der Waals surface area contributed by atoms with E-state index in [-0.39, 0.29) is 38.0 Å². The maximum absolute atomic E-state index is 12.0. The Kier molecular flexibility index (Phi) is 5.69. The Morgan fingerprint density at radius 2 is 2.00 bits per heavy atom. The van der Waals surface area contributed by atoms with Gasteiger partial charge in [0.2, 0.25) is 0 Å². The minimum Gasteiger partial charge on any atom is -1.00 e. The molecule has 0 aliphatic rings. The summed E-state index contributed by atoms with van der Waals surface area (Å²) in [4.78, 5) is 27.1. The number of carboxylic acids is 1. The number of pyridine rings is 1. The van der Waals surface area contributed by atoms with Gasteiger partial charge in [-0.25, -0.2) is 9.48 Å². The van der Waals surface area contributed by atoms with E-state index in [1.807, 2.05) is 6.07 Å². The second kappa shape index (κ2) is 7.73. The minimum atomic E-state index is -1.00. The SMILES string of the molecule is O=C(O)c1cccc(Cn2nc(-c3cccnc3)ccc2=O)c1.[H-].[Li+]. The van der Waals surface area contributed by atoms with Crippen LogP contribution in [0.4, 0.5) is 0 Å². The summed E-state index contributed by atoms with van der Waals surface area (Å²) in [5, 5.41) is 13.4. The smallest absolute Gasteiger partial charge is 1.00 e. The van der Waals surface area contributed by atoms with E-state index in [2.05, 4.69) is 10.1 Å². The van der Waals surface area contributed by atoms with Gasteiger partial charge < -0.3 is 6.53 Å². The van der Waals surface area contributed by atoms with E-state index in [0.717, 1.165) is 5.56 Å². The van der Waals surface area contributed by atoms with Gasteiger partial charge in [-0.1, -0.05) is 12.1 Å². The summed E-state index contributed by atoms with van der Waals surface area (Å²) in [5.74, 6) is -1.00. The number of carbonyl (C=O) groups is 1. The topological polar surface area (TPSA) is 85.1 Å². The largest absolute Gasteiger partial charge is 1.00 e. The first-order valence-corrected chi connectivity index (χ1v) is 6.94. The summed E-state index contributed by atoms with van der Waals surface area (Å²) in [5.41, 5.74) is 2.06. The molecule has 24 heavy (non-hydrogen) atoms. The molecule has 0 atom stereocenters. The van der Waals surface area contributed by atoms with Gasteiger partial charge in [0.15, 0.2) is 0 Å². The van der Waals surface area contributed by atoms with Crippen LogP contribution in [0.5, 0.6) is 0 Å². The third-order valence-electron chi connectivity index (χ3n) is 3.33. The zero-order valence-electron chi connectivity index (χ0n) is 14.1. The van der Waals surface area contributed by atoms with Crippen molar-refractivity contribution in [2.75, 3.05) is 0 Å². The van der Waals surface area contributed by atoms with E-state index in [1.54, 1.807) is 36.7 Å². The average Bonchev–Trinajstić information content (AvgIpc) is 2.58. The Morgan fingerprint density at radius 3 is 2.71 bits per heavy atom. The molecule has 6 nitrogen and oxygen atoms in total. The molecule has 2 heterocycles. The van der Waals surface area contributed by atoms with Gasteiger partial charge in [0, 0.05) is 24.0 Å². The number of aromatic carboxylic acids is 1. The molecule has 0 saturated carbocycles. The molecule has 2 aromatic heterocycles. The number of aromatic nitrogens is 3. The molecule has 0 amide bonds. The number of hydrogen-bond acceptors (Lipinski definition) is 4. The van der Waals surface area contributed by atoms with Crippen molar-refractivity contribution in [2.45, 2.75) is 6.54 Å². The number of benzene rings is 1.